The molecule has 0 aromatic heterocycles. The van der Waals surface area contributed by atoms with Crippen molar-refractivity contribution in [1.82, 2.24) is 10.2 Å². The highest BCUT2D eigenvalue weighted by Gasteiger charge is 2.16. The molecule has 0 rings (SSSR count). The van der Waals surface area contributed by atoms with Crippen LogP contribution in [0.5, 0.6) is 0 Å². The molecular weight excluding hydrogens is 188 g/mol. The van der Waals surface area contributed by atoms with Crippen molar-refractivity contribution >= 4 is 12.0 Å². The van der Waals surface area contributed by atoms with Gasteiger partial charge in [0.1, 0.15) is 0 Å². The predicted molar refractivity (Wildman–Crippen MR) is 49.9 cm³/mol. The van der Waals surface area contributed by atoms with Gasteiger partial charge in [-0.2, -0.15) is 0 Å². The maximum atomic E-state index is 11.2. The van der Waals surface area contributed by atoms with Gasteiger partial charge in [0.15, 0.2) is 6.10 Å². The van der Waals surface area contributed by atoms with Crippen molar-refractivity contribution in [2.75, 3.05) is 13.6 Å². The fraction of sp³-hybridized carbons (Fsp3) is 0.750. The smallest absolute Gasteiger partial charge is 0.334 e. The summed E-state index contributed by atoms with van der Waals surface area (Å²) in [4.78, 5) is 22.8. The largest absolute Gasteiger partial charge is 0.479 e. The lowest BCUT2D eigenvalue weighted by Crippen LogP contribution is -2.45. The van der Waals surface area contributed by atoms with Gasteiger partial charge in [-0.25, -0.2) is 9.59 Å². The minimum Gasteiger partial charge on any atom is -0.479 e. The Bertz CT molecular complexity index is 217. The van der Waals surface area contributed by atoms with Gasteiger partial charge < -0.3 is 20.4 Å². The lowest BCUT2D eigenvalue weighted by atomic mass is 10.3. The van der Waals surface area contributed by atoms with E-state index < -0.39 is 18.1 Å². The minimum atomic E-state index is -1.56. The van der Waals surface area contributed by atoms with Gasteiger partial charge in [-0.1, -0.05) is 0 Å². The Balaban J connectivity index is 3.91. The number of carbonyl (C=O) groups excluding carboxylic acids is 1. The third kappa shape index (κ3) is 4.08. The molecule has 0 aromatic carbocycles. The van der Waals surface area contributed by atoms with Crippen molar-refractivity contribution in [1.29, 1.82) is 0 Å². The van der Waals surface area contributed by atoms with Crippen molar-refractivity contribution in [3.63, 3.8) is 0 Å². The molecule has 14 heavy (non-hydrogen) atoms. The van der Waals surface area contributed by atoms with Crippen LogP contribution in [0.25, 0.3) is 0 Å². The van der Waals surface area contributed by atoms with Crippen LogP contribution in [0.1, 0.15) is 13.8 Å². The number of urea groups is 1. The van der Waals surface area contributed by atoms with Gasteiger partial charge in [-0.15, -0.1) is 0 Å². The number of nitrogens with one attached hydrogen (secondary N) is 1. The van der Waals surface area contributed by atoms with Crippen molar-refractivity contribution in [2.45, 2.75) is 26.0 Å². The van der Waals surface area contributed by atoms with Crippen LogP contribution in [-0.4, -0.2) is 52.9 Å². The second-order valence-electron chi connectivity index (χ2n) is 3.24. The molecule has 0 aliphatic carbocycles. The second-order valence-corrected chi connectivity index (χ2v) is 3.24. The van der Waals surface area contributed by atoms with Crippen LogP contribution in [0, 0.1) is 0 Å². The summed E-state index contributed by atoms with van der Waals surface area (Å²) in [5, 5.41) is 19.5. The summed E-state index contributed by atoms with van der Waals surface area (Å²) in [5.74, 6) is -1.35. The van der Waals surface area contributed by atoms with E-state index >= 15 is 0 Å². The summed E-state index contributed by atoms with van der Waals surface area (Å²) < 4.78 is 0. The van der Waals surface area contributed by atoms with Gasteiger partial charge in [-0.3, -0.25) is 0 Å². The number of carboxylic acids is 1. The molecule has 6 nitrogen and oxygen atoms in total. The normalized spacial score (nSPS) is 12.4. The monoisotopic (exact) mass is 204 g/mol. The Morgan fingerprint density at radius 1 is 1.43 bits per heavy atom. The summed E-state index contributed by atoms with van der Waals surface area (Å²) in [5.41, 5.74) is 0. The molecule has 82 valence electrons. The van der Waals surface area contributed by atoms with Crippen molar-refractivity contribution in [3.05, 3.63) is 0 Å². The Labute approximate surface area is 82.5 Å². The molecule has 0 saturated carbocycles. The first-order valence-electron chi connectivity index (χ1n) is 4.27. The SMILES string of the molecule is CC(C)N(C)C(=O)NCC(O)C(=O)O. The Kier molecular flexibility index (Phi) is 4.93. The van der Waals surface area contributed by atoms with Gasteiger partial charge in [0.25, 0.3) is 0 Å². The van der Waals surface area contributed by atoms with E-state index in [1.165, 1.54) is 4.90 Å². The standard InChI is InChI=1S/C8H16N2O4/c1-5(2)10(3)8(14)9-4-6(11)7(12)13/h5-6,11H,4H2,1-3H3,(H,9,14)(H,12,13). The highest BCUT2D eigenvalue weighted by Crippen LogP contribution is 1.93. The van der Waals surface area contributed by atoms with Gasteiger partial charge in [-0.05, 0) is 13.8 Å². The third-order valence-electron chi connectivity index (χ3n) is 1.83. The molecule has 3 N–H and O–H groups in total. The number of hydrogen-bond acceptors (Lipinski definition) is 3. The number of aliphatic hydroxyl groups is 1. The zero-order chi connectivity index (χ0) is 11.3. The molecule has 0 spiro atoms. The van der Waals surface area contributed by atoms with Crippen molar-refractivity contribution < 1.29 is 19.8 Å². The number of amides is 2. The molecule has 0 saturated heterocycles. The molecule has 0 bridgehead atoms. The van der Waals surface area contributed by atoms with E-state index in [0.717, 1.165) is 0 Å². The summed E-state index contributed by atoms with van der Waals surface area (Å²) in [6.45, 7) is 3.37. The number of aliphatic carboxylic acids is 1. The molecule has 0 heterocycles. The van der Waals surface area contributed by atoms with Crippen LogP contribution in [0.2, 0.25) is 0 Å². The molecule has 0 fully saturated rings. The van der Waals surface area contributed by atoms with E-state index in [9.17, 15) is 9.59 Å². The molecule has 0 aliphatic rings. The zero-order valence-corrected chi connectivity index (χ0v) is 8.52. The molecular formula is C8H16N2O4. The first kappa shape index (κ1) is 12.7. The highest BCUT2D eigenvalue weighted by atomic mass is 16.4. The molecule has 0 aromatic rings. The predicted octanol–water partition coefficient (Wildman–Crippen LogP) is -0.518. The summed E-state index contributed by atoms with van der Waals surface area (Å²) in [7, 11) is 1.59. The average molecular weight is 204 g/mol. The zero-order valence-electron chi connectivity index (χ0n) is 8.52. The van der Waals surface area contributed by atoms with Crippen molar-refractivity contribution in [2.24, 2.45) is 0 Å². The van der Waals surface area contributed by atoms with Crippen LogP contribution in [-0.2, 0) is 4.79 Å². The molecule has 0 radical (unpaired) electrons. The Hall–Kier alpha value is -1.30. The molecule has 1 atom stereocenters. The first-order valence-corrected chi connectivity index (χ1v) is 4.27. The minimum absolute atomic E-state index is 0.0250. The summed E-state index contributed by atoms with van der Waals surface area (Å²) in [6, 6.07) is -0.378. The average Bonchev–Trinajstić information content (AvgIpc) is 2.11. The fourth-order valence-electron chi connectivity index (χ4n) is 0.631. The second kappa shape index (κ2) is 5.43. The lowest BCUT2D eigenvalue weighted by Gasteiger charge is -2.22. The lowest BCUT2D eigenvalue weighted by molar-refractivity contribution is -0.146. The topological polar surface area (TPSA) is 89.9 Å². The van der Waals surface area contributed by atoms with Gasteiger partial charge in [0, 0.05) is 13.1 Å². The van der Waals surface area contributed by atoms with E-state index in [1.807, 2.05) is 13.8 Å². The maximum absolute atomic E-state index is 11.2. The fourth-order valence-corrected chi connectivity index (χ4v) is 0.631. The van der Waals surface area contributed by atoms with Crippen LogP contribution >= 0.6 is 0 Å². The van der Waals surface area contributed by atoms with Crippen LogP contribution < -0.4 is 5.32 Å². The van der Waals surface area contributed by atoms with Crippen LogP contribution in [0.3, 0.4) is 0 Å². The molecule has 6 heteroatoms. The number of carboxylic acid groups (broad SMARTS) is 1. The van der Waals surface area contributed by atoms with Crippen LogP contribution in [0.4, 0.5) is 4.79 Å². The van der Waals surface area contributed by atoms with E-state index in [4.69, 9.17) is 10.2 Å². The summed E-state index contributed by atoms with van der Waals surface area (Å²) in [6.07, 6.45) is -1.56. The number of hydrogen-bond donors (Lipinski definition) is 3. The highest BCUT2D eigenvalue weighted by molar-refractivity contribution is 5.76. The van der Waals surface area contributed by atoms with Gasteiger partial charge in [0.2, 0.25) is 0 Å². The molecule has 2 amide bonds. The first-order chi connectivity index (χ1) is 6.36. The number of rotatable bonds is 4. The molecule has 0 aliphatic heterocycles. The number of nitrogens with zero attached hydrogens (tertiary/aromatic N) is 1. The quantitative estimate of drug-likeness (QED) is 0.575. The molecule has 1 unspecified atom stereocenters. The number of aliphatic hydroxyl groups excluding tert-OH is 1. The number of carbonyl (C=O) groups is 2. The Morgan fingerprint density at radius 2 is 1.93 bits per heavy atom. The van der Waals surface area contributed by atoms with E-state index in [-0.39, 0.29) is 12.6 Å². The van der Waals surface area contributed by atoms with E-state index in [1.54, 1.807) is 7.05 Å². The van der Waals surface area contributed by atoms with Gasteiger partial charge >= 0.3 is 12.0 Å². The van der Waals surface area contributed by atoms with E-state index in [0.29, 0.717) is 0 Å². The van der Waals surface area contributed by atoms with Crippen LogP contribution in [0.15, 0.2) is 0 Å². The maximum Gasteiger partial charge on any atom is 0.334 e. The third-order valence-corrected chi connectivity index (χ3v) is 1.83. The Morgan fingerprint density at radius 3 is 2.29 bits per heavy atom. The van der Waals surface area contributed by atoms with Gasteiger partial charge in [0.05, 0.1) is 6.54 Å². The van der Waals surface area contributed by atoms with E-state index in [2.05, 4.69) is 5.32 Å². The van der Waals surface area contributed by atoms with Crippen molar-refractivity contribution in [3.8, 4) is 0 Å². The summed E-state index contributed by atoms with van der Waals surface area (Å²) >= 11 is 0.